The Balaban J connectivity index is 1.58. The number of carbonyl (C=O) groups excluding carboxylic acids is 2. The topological polar surface area (TPSA) is 105 Å². The van der Waals surface area contributed by atoms with Crippen LogP contribution >= 0.6 is 0 Å². The van der Waals surface area contributed by atoms with Crippen molar-refractivity contribution in [2.75, 3.05) is 13.2 Å². The van der Waals surface area contributed by atoms with Gasteiger partial charge in [0.15, 0.2) is 0 Å². The fraction of sp³-hybridized carbons (Fsp3) is 0.423. The highest BCUT2D eigenvalue weighted by Crippen LogP contribution is 2.44. The van der Waals surface area contributed by atoms with Crippen LogP contribution in [0.1, 0.15) is 50.7 Å². The number of benzene rings is 2. The van der Waals surface area contributed by atoms with Gasteiger partial charge in [-0.25, -0.2) is 9.59 Å². The van der Waals surface area contributed by atoms with Crippen molar-refractivity contribution in [3.05, 3.63) is 59.7 Å². The number of fused-ring (bicyclic) bond motifs is 3. The molecule has 7 nitrogen and oxygen atoms in total. The molecule has 0 aromatic heterocycles. The van der Waals surface area contributed by atoms with E-state index in [0.29, 0.717) is 12.8 Å². The number of carboxylic acid groups (broad SMARTS) is 1. The summed E-state index contributed by atoms with van der Waals surface area (Å²) in [6.07, 6.45) is 0.395. The van der Waals surface area contributed by atoms with Gasteiger partial charge in [0.1, 0.15) is 12.6 Å². The molecule has 0 radical (unpaired) electrons. The van der Waals surface area contributed by atoms with E-state index in [-0.39, 0.29) is 30.9 Å². The number of hydrogen-bond acceptors (Lipinski definition) is 4. The molecule has 3 N–H and O–H groups in total. The molecular formula is C26H32N2O5. The third-order valence-electron chi connectivity index (χ3n) is 6.14. The van der Waals surface area contributed by atoms with E-state index in [1.165, 1.54) is 0 Å². The first-order valence-corrected chi connectivity index (χ1v) is 11.5. The molecule has 0 spiro atoms. The average Bonchev–Trinajstić information content (AvgIpc) is 3.11. The van der Waals surface area contributed by atoms with Gasteiger partial charge in [0.05, 0.1) is 5.92 Å². The third-order valence-corrected chi connectivity index (χ3v) is 6.14. The highest BCUT2D eigenvalue weighted by Gasteiger charge is 2.30. The van der Waals surface area contributed by atoms with Crippen molar-refractivity contribution in [1.29, 1.82) is 0 Å². The summed E-state index contributed by atoms with van der Waals surface area (Å²) < 4.78 is 5.53. The van der Waals surface area contributed by atoms with E-state index in [1.54, 1.807) is 0 Å². The van der Waals surface area contributed by atoms with Crippen LogP contribution in [-0.4, -0.2) is 42.3 Å². The summed E-state index contributed by atoms with van der Waals surface area (Å²) in [4.78, 5) is 36.5. The summed E-state index contributed by atoms with van der Waals surface area (Å²) in [7, 11) is 0. The minimum atomic E-state index is -1.06. The van der Waals surface area contributed by atoms with Gasteiger partial charge in [0.25, 0.3) is 0 Å². The standard InChI is InChI=1S/C26H32N2O5/c1-4-9-23(25(30)31)28-24(29)21(16(2)3)14-27-26(32)33-15-22-19-12-7-5-10-17(19)18-11-6-8-13-20(18)22/h5-8,10-13,16,21-23H,4,9,14-15H2,1-3H3,(H,27,32)(H,28,29)(H,30,31). The predicted molar refractivity (Wildman–Crippen MR) is 126 cm³/mol. The highest BCUT2D eigenvalue weighted by atomic mass is 16.5. The predicted octanol–water partition coefficient (Wildman–Crippen LogP) is 4.17. The van der Waals surface area contributed by atoms with Gasteiger partial charge in [-0.05, 0) is 34.6 Å². The lowest BCUT2D eigenvalue weighted by atomic mass is 9.94. The molecule has 0 fully saturated rings. The minimum absolute atomic E-state index is 0.0438. The molecule has 7 heteroatoms. The largest absolute Gasteiger partial charge is 0.480 e. The first kappa shape index (κ1) is 24.3. The zero-order valence-electron chi connectivity index (χ0n) is 19.3. The summed E-state index contributed by atoms with van der Waals surface area (Å²) in [5.74, 6) is -2.14. The van der Waals surface area contributed by atoms with Crippen LogP contribution in [0, 0.1) is 11.8 Å². The van der Waals surface area contributed by atoms with Crippen LogP contribution in [0.2, 0.25) is 0 Å². The highest BCUT2D eigenvalue weighted by molar-refractivity contribution is 5.85. The number of rotatable bonds is 10. The monoisotopic (exact) mass is 452 g/mol. The Morgan fingerprint density at radius 1 is 1.00 bits per heavy atom. The number of hydrogen-bond donors (Lipinski definition) is 3. The summed E-state index contributed by atoms with van der Waals surface area (Å²) in [6, 6.07) is 15.3. The summed E-state index contributed by atoms with van der Waals surface area (Å²) in [6.45, 7) is 5.84. The van der Waals surface area contributed by atoms with E-state index in [0.717, 1.165) is 22.3 Å². The fourth-order valence-electron chi connectivity index (χ4n) is 4.30. The van der Waals surface area contributed by atoms with Crippen LogP contribution in [0.15, 0.2) is 48.5 Å². The normalized spacial score (nSPS) is 14.2. The quantitative estimate of drug-likeness (QED) is 0.502. The molecule has 0 bridgehead atoms. The van der Waals surface area contributed by atoms with E-state index >= 15 is 0 Å². The molecule has 2 aromatic carbocycles. The molecule has 3 rings (SSSR count). The number of amides is 2. The van der Waals surface area contributed by atoms with Crippen LogP contribution in [0.5, 0.6) is 0 Å². The number of carboxylic acids is 1. The first-order valence-electron chi connectivity index (χ1n) is 11.5. The van der Waals surface area contributed by atoms with Crippen LogP contribution < -0.4 is 10.6 Å². The lowest BCUT2D eigenvalue weighted by Crippen LogP contribution is -2.47. The Morgan fingerprint density at radius 3 is 2.09 bits per heavy atom. The fourth-order valence-corrected chi connectivity index (χ4v) is 4.30. The van der Waals surface area contributed by atoms with Gasteiger partial charge in [-0.1, -0.05) is 75.7 Å². The third kappa shape index (κ3) is 5.72. The van der Waals surface area contributed by atoms with Crippen LogP contribution in [0.4, 0.5) is 4.79 Å². The van der Waals surface area contributed by atoms with Gasteiger partial charge in [-0.3, -0.25) is 4.79 Å². The SMILES string of the molecule is CCCC(NC(=O)C(CNC(=O)OCC1c2ccccc2-c2ccccc21)C(C)C)C(=O)O. The number of alkyl carbamates (subject to hydrolysis) is 1. The van der Waals surface area contributed by atoms with Crippen LogP contribution in [0.25, 0.3) is 11.1 Å². The van der Waals surface area contributed by atoms with Crippen molar-refractivity contribution in [3.63, 3.8) is 0 Å². The molecule has 0 saturated carbocycles. The van der Waals surface area contributed by atoms with E-state index in [9.17, 15) is 19.5 Å². The number of carbonyl (C=O) groups is 3. The van der Waals surface area contributed by atoms with Gasteiger partial charge >= 0.3 is 12.1 Å². The van der Waals surface area contributed by atoms with Gasteiger partial charge in [-0.15, -0.1) is 0 Å². The Hall–Kier alpha value is -3.35. The second-order valence-corrected chi connectivity index (χ2v) is 8.75. The lowest BCUT2D eigenvalue weighted by molar-refractivity contribution is -0.143. The number of nitrogens with one attached hydrogen (secondary N) is 2. The van der Waals surface area contributed by atoms with Crippen molar-refractivity contribution in [3.8, 4) is 11.1 Å². The zero-order valence-corrected chi connectivity index (χ0v) is 19.3. The molecule has 2 aromatic rings. The van der Waals surface area contributed by atoms with Crippen molar-refractivity contribution in [1.82, 2.24) is 10.6 Å². The van der Waals surface area contributed by atoms with E-state index in [2.05, 4.69) is 34.9 Å². The smallest absolute Gasteiger partial charge is 0.407 e. The first-order chi connectivity index (χ1) is 15.8. The van der Waals surface area contributed by atoms with E-state index in [4.69, 9.17) is 4.74 Å². The molecule has 2 unspecified atom stereocenters. The Morgan fingerprint density at radius 2 is 1.58 bits per heavy atom. The maximum absolute atomic E-state index is 12.7. The Kier molecular flexibility index (Phi) is 8.09. The zero-order chi connectivity index (χ0) is 24.0. The minimum Gasteiger partial charge on any atom is -0.480 e. The van der Waals surface area contributed by atoms with Gasteiger partial charge in [0, 0.05) is 12.5 Å². The summed E-state index contributed by atoms with van der Waals surface area (Å²) >= 11 is 0. The van der Waals surface area contributed by atoms with Crippen molar-refractivity contribution < 1.29 is 24.2 Å². The molecule has 0 heterocycles. The van der Waals surface area contributed by atoms with Crippen molar-refractivity contribution in [2.45, 2.75) is 45.6 Å². The number of ether oxygens (including phenoxy) is 1. The van der Waals surface area contributed by atoms with E-state index in [1.807, 2.05) is 45.0 Å². The number of aliphatic carboxylic acids is 1. The molecule has 1 aliphatic rings. The maximum atomic E-state index is 12.7. The molecule has 2 amide bonds. The van der Waals surface area contributed by atoms with Gasteiger partial charge < -0.3 is 20.5 Å². The second kappa shape index (κ2) is 11.0. The maximum Gasteiger partial charge on any atom is 0.407 e. The Labute approximate surface area is 194 Å². The van der Waals surface area contributed by atoms with Gasteiger partial charge in [-0.2, -0.15) is 0 Å². The second-order valence-electron chi connectivity index (χ2n) is 8.75. The Bertz CT molecular complexity index is 958. The molecule has 0 aliphatic heterocycles. The molecule has 0 saturated heterocycles. The van der Waals surface area contributed by atoms with Crippen LogP contribution in [0.3, 0.4) is 0 Å². The molecular weight excluding hydrogens is 420 g/mol. The van der Waals surface area contributed by atoms with Crippen molar-refractivity contribution in [2.24, 2.45) is 11.8 Å². The molecule has 33 heavy (non-hydrogen) atoms. The lowest BCUT2D eigenvalue weighted by Gasteiger charge is -2.23. The molecule has 1 aliphatic carbocycles. The van der Waals surface area contributed by atoms with Crippen molar-refractivity contribution >= 4 is 18.0 Å². The summed E-state index contributed by atoms with van der Waals surface area (Å²) in [5, 5.41) is 14.6. The average molecular weight is 453 g/mol. The molecule has 176 valence electrons. The van der Waals surface area contributed by atoms with Gasteiger partial charge in [0.2, 0.25) is 5.91 Å². The van der Waals surface area contributed by atoms with E-state index < -0.39 is 24.0 Å². The van der Waals surface area contributed by atoms with Crippen LogP contribution in [-0.2, 0) is 14.3 Å². The summed E-state index contributed by atoms with van der Waals surface area (Å²) in [5.41, 5.74) is 4.56. The molecule has 2 atom stereocenters.